The average Bonchev–Trinajstić information content (AvgIpc) is 3.29. The van der Waals surface area contributed by atoms with Crippen molar-refractivity contribution >= 4 is 35.2 Å². The largest absolute Gasteiger partial charge is 0.478 e. The van der Waals surface area contributed by atoms with Crippen LogP contribution in [0.25, 0.3) is 6.08 Å². The molecule has 1 aromatic heterocycles. The number of hydrogen-bond donors (Lipinski definition) is 1. The second-order valence-electron chi connectivity index (χ2n) is 6.31. The Kier molecular flexibility index (Phi) is 6.10. The molecule has 29 heavy (non-hydrogen) atoms. The second kappa shape index (κ2) is 8.72. The molecule has 2 heterocycles. The van der Waals surface area contributed by atoms with Gasteiger partial charge in [-0.1, -0.05) is 0 Å². The van der Waals surface area contributed by atoms with Gasteiger partial charge in [0.15, 0.2) is 5.88 Å². The zero-order chi connectivity index (χ0) is 21.0. The lowest BCUT2D eigenvalue weighted by atomic mass is 10.1. The summed E-state index contributed by atoms with van der Waals surface area (Å²) in [6.45, 7) is 2.10. The van der Waals surface area contributed by atoms with Gasteiger partial charge in [0, 0.05) is 20.2 Å². The number of anilines is 2. The summed E-state index contributed by atoms with van der Waals surface area (Å²) in [7, 11) is 3.70. The summed E-state index contributed by atoms with van der Waals surface area (Å²) in [6.07, 6.45) is 1.59. The Morgan fingerprint density at radius 1 is 1.21 bits per heavy atom. The number of carbonyl (C=O) groups excluding carboxylic acids is 1. The lowest BCUT2D eigenvalue weighted by molar-refractivity contribution is -0.279. The number of aromatic carboxylic acids is 1. The summed E-state index contributed by atoms with van der Waals surface area (Å²) in [5.41, 5.74) is 1.22. The van der Waals surface area contributed by atoms with Crippen LogP contribution in [0.2, 0.25) is 0 Å². The van der Waals surface area contributed by atoms with Gasteiger partial charge in [-0.05, 0) is 43.3 Å². The predicted octanol–water partition coefficient (Wildman–Crippen LogP) is 2.80. The molecule has 152 valence electrons. The molecule has 2 aromatic rings. The molecular weight excluding hydrogens is 378 g/mol. The highest BCUT2D eigenvalue weighted by atomic mass is 17.2. The van der Waals surface area contributed by atoms with Crippen molar-refractivity contribution in [2.45, 2.75) is 6.92 Å². The van der Waals surface area contributed by atoms with Gasteiger partial charge in [-0.15, -0.1) is 0 Å². The Morgan fingerprint density at radius 2 is 1.93 bits per heavy atom. The SMILES string of the molecule is CCOOCC1=NN(c2ccc(C(=O)O)cc2)C(=O)C1=Cc1ccc(N(C)C)o1. The fourth-order valence-electron chi connectivity index (χ4n) is 2.61. The van der Waals surface area contributed by atoms with Crippen LogP contribution < -0.4 is 9.91 Å². The normalized spacial score (nSPS) is 15.1. The lowest BCUT2D eigenvalue weighted by Gasteiger charge is -2.11. The molecule has 0 bridgehead atoms. The third kappa shape index (κ3) is 4.53. The molecule has 1 aliphatic heterocycles. The van der Waals surface area contributed by atoms with Crippen molar-refractivity contribution in [2.75, 3.05) is 37.2 Å². The van der Waals surface area contributed by atoms with Crippen molar-refractivity contribution in [1.29, 1.82) is 0 Å². The van der Waals surface area contributed by atoms with Gasteiger partial charge in [0.2, 0.25) is 0 Å². The lowest BCUT2D eigenvalue weighted by Crippen LogP contribution is -2.21. The molecule has 1 amide bonds. The highest BCUT2D eigenvalue weighted by molar-refractivity contribution is 6.33. The van der Waals surface area contributed by atoms with Crippen LogP contribution >= 0.6 is 0 Å². The number of hydrogen-bond acceptors (Lipinski definition) is 7. The summed E-state index contributed by atoms with van der Waals surface area (Å²) < 4.78 is 5.70. The number of carboxylic acid groups (broad SMARTS) is 1. The zero-order valence-electron chi connectivity index (χ0n) is 16.3. The van der Waals surface area contributed by atoms with E-state index in [1.807, 2.05) is 19.0 Å². The maximum Gasteiger partial charge on any atom is 0.335 e. The Labute approximate surface area is 167 Å². The predicted molar refractivity (Wildman–Crippen MR) is 107 cm³/mol. The number of furan rings is 1. The quantitative estimate of drug-likeness (QED) is 0.315. The van der Waals surface area contributed by atoms with Crippen LogP contribution in [0.3, 0.4) is 0 Å². The molecule has 0 saturated carbocycles. The zero-order valence-corrected chi connectivity index (χ0v) is 16.3. The minimum atomic E-state index is -1.05. The van der Waals surface area contributed by atoms with E-state index in [-0.39, 0.29) is 18.1 Å². The average molecular weight is 399 g/mol. The van der Waals surface area contributed by atoms with Crippen LogP contribution in [0, 0.1) is 0 Å². The van der Waals surface area contributed by atoms with Gasteiger partial charge in [0.1, 0.15) is 18.1 Å². The summed E-state index contributed by atoms with van der Waals surface area (Å²) in [4.78, 5) is 35.8. The first-order valence-electron chi connectivity index (χ1n) is 8.89. The van der Waals surface area contributed by atoms with Crippen molar-refractivity contribution in [3.8, 4) is 0 Å². The van der Waals surface area contributed by atoms with E-state index in [1.54, 1.807) is 25.1 Å². The van der Waals surface area contributed by atoms with E-state index in [0.717, 1.165) is 0 Å². The topological polar surface area (TPSA) is 105 Å². The van der Waals surface area contributed by atoms with E-state index in [2.05, 4.69) is 5.10 Å². The molecule has 9 heteroatoms. The highest BCUT2D eigenvalue weighted by Gasteiger charge is 2.32. The summed E-state index contributed by atoms with van der Waals surface area (Å²) >= 11 is 0. The van der Waals surface area contributed by atoms with E-state index in [1.165, 1.54) is 29.3 Å². The Morgan fingerprint density at radius 3 is 2.52 bits per heavy atom. The third-order valence-corrected chi connectivity index (χ3v) is 4.05. The monoisotopic (exact) mass is 399 g/mol. The smallest absolute Gasteiger partial charge is 0.335 e. The number of hydrazone groups is 1. The molecule has 1 N–H and O–H groups in total. The molecule has 0 atom stereocenters. The van der Waals surface area contributed by atoms with Crippen LogP contribution in [0.4, 0.5) is 11.6 Å². The van der Waals surface area contributed by atoms with Crippen LogP contribution in [0.15, 0.2) is 51.5 Å². The first-order chi connectivity index (χ1) is 13.9. The van der Waals surface area contributed by atoms with Crippen LogP contribution in [0.1, 0.15) is 23.0 Å². The van der Waals surface area contributed by atoms with Gasteiger partial charge >= 0.3 is 5.97 Å². The standard InChI is InChI=1S/C20H21N3O6/c1-4-27-28-12-17-16(11-15-9-10-18(29-15)22(2)3)19(24)23(21-17)14-7-5-13(6-8-14)20(25)26/h5-11H,4,12H2,1-3H3,(H,25,26). The summed E-state index contributed by atoms with van der Waals surface area (Å²) in [5.74, 6) is -0.295. The van der Waals surface area contributed by atoms with E-state index >= 15 is 0 Å². The maximum absolute atomic E-state index is 13.0. The van der Waals surface area contributed by atoms with E-state index in [0.29, 0.717) is 35.2 Å². The fraction of sp³-hybridized carbons (Fsp3) is 0.250. The van der Waals surface area contributed by atoms with Crippen molar-refractivity contribution in [3.05, 3.63) is 53.3 Å². The van der Waals surface area contributed by atoms with Gasteiger partial charge < -0.3 is 14.4 Å². The van der Waals surface area contributed by atoms with Crippen LogP contribution in [-0.2, 0) is 14.6 Å². The Bertz CT molecular complexity index is 959. The molecule has 1 aromatic carbocycles. The van der Waals surface area contributed by atoms with E-state index < -0.39 is 5.97 Å². The molecule has 0 radical (unpaired) electrons. The molecule has 0 aliphatic carbocycles. The third-order valence-electron chi connectivity index (χ3n) is 4.05. The highest BCUT2D eigenvalue weighted by Crippen LogP contribution is 2.27. The van der Waals surface area contributed by atoms with Gasteiger partial charge in [-0.2, -0.15) is 10.1 Å². The maximum atomic E-state index is 13.0. The van der Waals surface area contributed by atoms with Crippen molar-refractivity contribution in [2.24, 2.45) is 5.10 Å². The van der Waals surface area contributed by atoms with Crippen LogP contribution in [-0.4, -0.2) is 50.0 Å². The molecule has 0 saturated heterocycles. The molecular formula is C20H21N3O6. The van der Waals surface area contributed by atoms with Crippen molar-refractivity contribution in [3.63, 3.8) is 0 Å². The molecule has 1 aliphatic rings. The van der Waals surface area contributed by atoms with Gasteiger partial charge in [0.05, 0.1) is 23.4 Å². The van der Waals surface area contributed by atoms with Gasteiger partial charge in [0.25, 0.3) is 5.91 Å². The first-order valence-corrected chi connectivity index (χ1v) is 8.89. The van der Waals surface area contributed by atoms with Crippen molar-refractivity contribution in [1.82, 2.24) is 0 Å². The number of rotatable bonds is 8. The molecule has 3 rings (SSSR count). The summed E-state index contributed by atoms with van der Waals surface area (Å²) in [5, 5.41) is 14.6. The van der Waals surface area contributed by atoms with Crippen LogP contribution in [0.5, 0.6) is 0 Å². The molecule has 0 spiro atoms. The van der Waals surface area contributed by atoms with Gasteiger partial charge in [-0.25, -0.2) is 14.6 Å². The summed E-state index contributed by atoms with van der Waals surface area (Å²) in [6, 6.07) is 9.41. The van der Waals surface area contributed by atoms with Crippen molar-refractivity contribution < 1.29 is 28.9 Å². The molecule has 9 nitrogen and oxygen atoms in total. The number of amides is 1. The number of carboxylic acids is 1. The number of carbonyl (C=O) groups is 2. The molecule has 0 fully saturated rings. The molecule has 0 unspecified atom stereocenters. The van der Waals surface area contributed by atoms with Gasteiger partial charge in [-0.3, -0.25) is 4.79 Å². The first kappa shape index (κ1) is 20.3. The Balaban J connectivity index is 1.92. The van der Waals surface area contributed by atoms with E-state index in [4.69, 9.17) is 19.3 Å². The minimum absolute atomic E-state index is 0.0314. The fourth-order valence-corrected chi connectivity index (χ4v) is 2.61. The van der Waals surface area contributed by atoms with E-state index in [9.17, 15) is 9.59 Å². The number of nitrogens with zero attached hydrogens (tertiary/aromatic N) is 3. The Hall–Kier alpha value is -3.43. The second-order valence-corrected chi connectivity index (χ2v) is 6.31. The number of benzene rings is 1. The minimum Gasteiger partial charge on any atom is -0.478 e.